The van der Waals surface area contributed by atoms with Crippen LogP contribution in [0.4, 0.5) is 0 Å². The molecule has 604 valence electrons. The predicted molar refractivity (Wildman–Crippen MR) is 465 cm³/mol. The van der Waals surface area contributed by atoms with Gasteiger partial charge in [-0.05, 0) is 239 Å². The molecule has 1 spiro atoms. The SMILES string of the molecule is CC1C=C(Oc2cc3c(cc2Oc2cccc(Oc4ccc(C(C)(O)c5ccccc5)cc4)c2C#N)C2(CC3(C)C)CC(C)(C)c3cc(Oc4cccc(Oc5ccc(C(C)(O)c6ccccc6)cc5)c4C#N)c(Oc4cccc(Oc5ccc(C(C)(O)c6ccccc6)cc5)c4C#N)cc32)C(C#N)=C(Oc2ccc(C(C)(O)c3ccccc3)cc2)C1. The van der Waals surface area contributed by atoms with E-state index in [1.54, 1.807) is 179 Å². The van der Waals surface area contributed by atoms with Crippen LogP contribution in [0.25, 0.3) is 0 Å². The smallest absolute Gasteiger partial charge is 0.170 e. The number of aliphatic hydroxyl groups is 4. The Labute approximate surface area is 710 Å². The maximum Gasteiger partial charge on any atom is 0.170 e. The van der Waals surface area contributed by atoms with Crippen molar-refractivity contribution in [2.24, 2.45) is 5.92 Å². The second-order valence-electron chi connectivity index (χ2n) is 33.4. The lowest BCUT2D eigenvalue weighted by molar-refractivity contribution is 0.102. The molecule has 13 aromatic rings. The number of hydrogen-bond acceptors (Lipinski definition) is 16. The Morgan fingerprint density at radius 2 is 0.549 bits per heavy atom. The first-order chi connectivity index (χ1) is 58.6. The third-order valence-corrected chi connectivity index (χ3v) is 23.8. The van der Waals surface area contributed by atoms with Crippen LogP contribution in [0.1, 0.15) is 165 Å². The van der Waals surface area contributed by atoms with Gasteiger partial charge >= 0.3 is 0 Å². The second kappa shape index (κ2) is 32.3. The van der Waals surface area contributed by atoms with Gasteiger partial charge in [0, 0.05) is 11.8 Å². The van der Waals surface area contributed by atoms with E-state index in [2.05, 4.69) is 52.0 Å². The summed E-state index contributed by atoms with van der Waals surface area (Å²) in [4.78, 5) is 0. The molecule has 3 aliphatic carbocycles. The first-order valence-corrected chi connectivity index (χ1v) is 40.4. The Hall–Kier alpha value is -14.5. The fraction of sp³-hybridized carbons (Fsp3) is 0.189. The molecule has 0 amide bonds. The number of allylic oxidation sites excluding steroid dienone is 3. The van der Waals surface area contributed by atoms with Crippen LogP contribution in [0.15, 0.2) is 320 Å². The molecule has 3 aliphatic rings. The minimum absolute atomic E-state index is 0.0524. The van der Waals surface area contributed by atoms with Gasteiger partial charge in [0.2, 0.25) is 0 Å². The van der Waals surface area contributed by atoms with Crippen LogP contribution in [-0.4, -0.2) is 20.4 Å². The zero-order chi connectivity index (χ0) is 85.5. The first-order valence-electron chi connectivity index (χ1n) is 40.4. The molecule has 4 N–H and O–H groups in total. The Morgan fingerprint density at radius 3 is 0.828 bits per heavy atom. The normalized spacial score (nSPS) is 17.3. The van der Waals surface area contributed by atoms with Crippen molar-refractivity contribution < 1.29 is 58.3 Å². The van der Waals surface area contributed by atoms with Gasteiger partial charge in [-0.25, -0.2) is 0 Å². The topological polar surface area (TPSA) is 250 Å². The first kappa shape index (κ1) is 81.3. The molecule has 0 aromatic heterocycles. The third-order valence-electron chi connectivity index (χ3n) is 23.8. The van der Waals surface area contributed by atoms with E-state index in [4.69, 9.17) is 37.9 Å². The number of hydrogen-bond donors (Lipinski definition) is 4. The highest BCUT2D eigenvalue weighted by molar-refractivity contribution is 5.70. The van der Waals surface area contributed by atoms with E-state index in [9.17, 15) is 41.5 Å². The molecule has 0 fully saturated rings. The number of nitrogens with zero attached hydrogens (tertiary/aromatic N) is 4. The second-order valence-corrected chi connectivity index (χ2v) is 33.4. The van der Waals surface area contributed by atoms with Crippen molar-refractivity contribution in [3.05, 3.63) is 404 Å². The Kier molecular flexibility index (Phi) is 21.6. The molecule has 6 atom stereocenters. The van der Waals surface area contributed by atoms with Crippen LogP contribution < -0.4 is 37.9 Å². The van der Waals surface area contributed by atoms with Gasteiger partial charge in [0.15, 0.2) is 23.0 Å². The highest BCUT2D eigenvalue weighted by Crippen LogP contribution is 2.66. The van der Waals surface area contributed by atoms with Gasteiger partial charge in [0.25, 0.3) is 0 Å². The summed E-state index contributed by atoms with van der Waals surface area (Å²) in [5.74, 6) is 3.73. The third kappa shape index (κ3) is 15.6. The average molecular weight is 1610 g/mol. The van der Waals surface area contributed by atoms with Crippen molar-refractivity contribution in [1.29, 1.82) is 21.0 Å². The van der Waals surface area contributed by atoms with Crippen molar-refractivity contribution in [2.75, 3.05) is 0 Å². The van der Waals surface area contributed by atoms with E-state index in [-0.39, 0.29) is 91.4 Å². The number of benzene rings is 13. The van der Waals surface area contributed by atoms with Crippen molar-refractivity contribution in [3.8, 4) is 105 Å². The number of ether oxygens (including phenoxy) is 8. The number of nitriles is 4. The van der Waals surface area contributed by atoms with E-state index < -0.39 is 38.6 Å². The lowest BCUT2D eigenvalue weighted by Gasteiger charge is -2.31. The van der Waals surface area contributed by atoms with Crippen LogP contribution in [-0.2, 0) is 38.6 Å². The Morgan fingerprint density at radius 1 is 0.295 bits per heavy atom. The van der Waals surface area contributed by atoms with Crippen LogP contribution in [0.3, 0.4) is 0 Å². The molecular formula is C106H88N4O12. The van der Waals surface area contributed by atoms with Crippen molar-refractivity contribution in [3.63, 3.8) is 0 Å². The zero-order valence-corrected chi connectivity index (χ0v) is 68.9. The Balaban J connectivity index is 0.809. The van der Waals surface area contributed by atoms with E-state index >= 15 is 0 Å². The van der Waals surface area contributed by atoms with Crippen molar-refractivity contribution >= 4 is 0 Å². The van der Waals surface area contributed by atoms with Gasteiger partial charge in [0.05, 0.1) is 0 Å². The predicted octanol–water partition coefficient (Wildman–Crippen LogP) is 23.9. The highest BCUT2D eigenvalue weighted by Gasteiger charge is 2.57. The molecular weight excluding hydrogens is 1520 g/mol. The summed E-state index contributed by atoms with van der Waals surface area (Å²) in [7, 11) is 0. The van der Waals surface area contributed by atoms with E-state index in [1.807, 2.05) is 159 Å². The summed E-state index contributed by atoms with van der Waals surface area (Å²) in [5, 5.41) is 92.2. The molecule has 16 heteroatoms. The van der Waals surface area contributed by atoms with E-state index in [1.165, 1.54) is 0 Å². The summed E-state index contributed by atoms with van der Waals surface area (Å²) < 4.78 is 55.0. The quantitative estimate of drug-likeness (QED) is 0.0439. The Bertz CT molecular complexity index is 6390. The molecule has 6 unspecified atom stereocenters. The van der Waals surface area contributed by atoms with Gasteiger partial charge < -0.3 is 58.3 Å². The van der Waals surface area contributed by atoms with Crippen LogP contribution >= 0.6 is 0 Å². The molecule has 13 aromatic carbocycles. The molecule has 0 bridgehead atoms. The molecule has 16 nitrogen and oxygen atoms in total. The lowest BCUT2D eigenvalue weighted by Crippen LogP contribution is -2.27. The summed E-state index contributed by atoms with van der Waals surface area (Å²) in [5.41, 5.74) is 1.80. The molecule has 0 aliphatic heterocycles. The molecule has 0 radical (unpaired) electrons. The van der Waals surface area contributed by atoms with Crippen LogP contribution in [0.2, 0.25) is 0 Å². The summed E-state index contributed by atoms with van der Waals surface area (Å²) in [6.07, 6.45) is 3.29. The lowest BCUT2D eigenvalue weighted by atomic mass is 9.72. The van der Waals surface area contributed by atoms with E-state index in [0.717, 1.165) is 27.8 Å². The summed E-state index contributed by atoms with van der Waals surface area (Å²) >= 11 is 0. The fourth-order valence-corrected chi connectivity index (χ4v) is 17.3. The summed E-state index contributed by atoms with van der Waals surface area (Å²) in [6.45, 7) is 17.6. The average Bonchev–Trinajstić information content (AvgIpc) is 1.52. The molecule has 0 saturated heterocycles. The number of fused-ring (bicyclic) bond motifs is 4. The summed E-state index contributed by atoms with van der Waals surface area (Å²) in [6, 6.07) is 98.3. The van der Waals surface area contributed by atoms with E-state index in [0.29, 0.717) is 87.0 Å². The fourth-order valence-electron chi connectivity index (χ4n) is 17.3. The highest BCUT2D eigenvalue weighted by atomic mass is 16.5. The maximum absolute atomic E-state index is 11.8. The standard InChI is InChI=1S/C106H88N4O12/c1-67-55-94(118-79-53-45-75(46-54-79)105(9,114)71-31-20-13-21-32-71)83(64-110)95(56-67)122-97-58-85-87(60-99(97)121-93-38-24-35-90(82(93)63-109)117-78-51-43-74(44-52-78)104(8,113)70-29-18-12-19-30-70)106(66-101(85,4)5)65-100(2,3)84-57-96(119-91-36-22-33-88(80(91)61-107)115-76-47-39-72(40-48-76)102(6,111)68-25-14-10-15-26-68)98(59-86(84)106)120-92-37-23-34-89(81(92)62-108)116-77-49-41-73(42-50-77)103(7,112)69-27-16-11-17-28-69/h10-54,56-60,67,111-114H,55,65-66H2,1-9H3. The molecule has 0 heterocycles. The molecule has 16 rings (SSSR count). The largest absolute Gasteiger partial charge is 0.460 e. The minimum atomic E-state index is -1.32. The van der Waals surface area contributed by atoms with Crippen molar-refractivity contribution in [2.45, 2.75) is 120 Å². The molecule has 122 heavy (non-hydrogen) atoms. The number of rotatable bonds is 24. The monoisotopic (exact) mass is 1610 g/mol. The van der Waals surface area contributed by atoms with Gasteiger partial charge in [-0.1, -0.05) is 223 Å². The zero-order valence-electron chi connectivity index (χ0n) is 68.9. The van der Waals surface area contributed by atoms with Crippen molar-refractivity contribution in [1.82, 2.24) is 0 Å². The van der Waals surface area contributed by atoms with Gasteiger partial charge in [0.1, 0.15) is 138 Å². The maximum atomic E-state index is 11.8. The van der Waals surface area contributed by atoms with Crippen LogP contribution in [0.5, 0.6) is 80.5 Å². The molecule has 0 saturated carbocycles. The van der Waals surface area contributed by atoms with Gasteiger partial charge in [-0.15, -0.1) is 0 Å². The van der Waals surface area contributed by atoms with Gasteiger partial charge in [-0.2, -0.15) is 21.0 Å². The minimum Gasteiger partial charge on any atom is -0.460 e. The van der Waals surface area contributed by atoms with Crippen LogP contribution in [0, 0.1) is 51.2 Å². The van der Waals surface area contributed by atoms with Gasteiger partial charge in [-0.3, -0.25) is 0 Å².